The maximum absolute atomic E-state index is 3.64. The minimum Gasteiger partial charge on any atom is -0.312 e. The quantitative estimate of drug-likeness (QED) is 0.794. The molecule has 98 valence electrons. The van der Waals surface area contributed by atoms with Gasteiger partial charge < -0.3 is 15.1 Å². The fourth-order valence-corrected chi connectivity index (χ4v) is 3.96. The molecule has 3 fully saturated rings. The van der Waals surface area contributed by atoms with Crippen molar-refractivity contribution in [3.63, 3.8) is 0 Å². The van der Waals surface area contributed by atoms with Crippen molar-refractivity contribution in [2.45, 2.75) is 44.2 Å². The van der Waals surface area contributed by atoms with E-state index in [9.17, 15) is 0 Å². The average molecular weight is 237 g/mol. The third-order valence-electron chi connectivity index (χ3n) is 5.14. The third-order valence-corrected chi connectivity index (χ3v) is 5.14. The van der Waals surface area contributed by atoms with Gasteiger partial charge in [0.05, 0.1) is 0 Å². The zero-order valence-corrected chi connectivity index (χ0v) is 11.2. The van der Waals surface area contributed by atoms with Crippen LogP contribution in [0.2, 0.25) is 0 Å². The fourth-order valence-electron chi connectivity index (χ4n) is 3.96. The number of piperidine rings is 1. The molecule has 0 aromatic carbocycles. The van der Waals surface area contributed by atoms with Crippen LogP contribution in [0.5, 0.6) is 0 Å². The first-order valence-corrected chi connectivity index (χ1v) is 7.49. The predicted molar refractivity (Wildman–Crippen MR) is 71.2 cm³/mol. The Bertz CT molecular complexity index is 244. The monoisotopic (exact) mass is 237 g/mol. The molecule has 3 heterocycles. The molecule has 3 aliphatic heterocycles. The van der Waals surface area contributed by atoms with Gasteiger partial charge in [0, 0.05) is 25.2 Å². The van der Waals surface area contributed by atoms with Crippen LogP contribution >= 0.6 is 0 Å². The Kier molecular flexibility index (Phi) is 3.69. The number of nitrogens with one attached hydrogen (secondary N) is 1. The van der Waals surface area contributed by atoms with Crippen LogP contribution in [0.3, 0.4) is 0 Å². The largest absolute Gasteiger partial charge is 0.312 e. The summed E-state index contributed by atoms with van der Waals surface area (Å²) in [6.45, 7) is 6.56. The van der Waals surface area contributed by atoms with Gasteiger partial charge in [-0.1, -0.05) is 6.42 Å². The molecule has 0 amide bonds. The van der Waals surface area contributed by atoms with E-state index in [2.05, 4.69) is 22.2 Å². The van der Waals surface area contributed by atoms with Gasteiger partial charge in [0.15, 0.2) is 0 Å². The van der Waals surface area contributed by atoms with Gasteiger partial charge in [-0.05, 0) is 58.3 Å². The number of rotatable bonds is 3. The van der Waals surface area contributed by atoms with Gasteiger partial charge in [0.1, 0.15) is 0 Å². The van der Waals surface area contributed by atoms with Crippen LogP contribution < -0.4 is 5.32 Å². The number of nitrogens with zero attached hydrogens (tertiary/aromatic N) is 2. The van der Waals surface area contributed by atoms with Gasteiger partial charge in [0.25, 0.3) is 0 Å². The SMILES string of the molecule is CN1CCCCC1CCN1C[C@@H]2CCN[C@@H]2C1. The second-order valence-electron chi connectivity index (χ2n) is 6.29. The van der Waals surface area contributed by atoms with Crippen LogP contribution in [-0.4, -0.2) is 61.7 Å². The van der Waals surface area contributed by atoms with Gasteiger partial charge in [-0.25, -0.2) is 0 Å². The Morgan fingerprint density at radius 3 is 2.94 bits per heavy atom. The van der Waals surface area contributed by atoms with E-state index in [1.54, 1.807) is 0 Å². The van der Waals surface area contributed by atoms with Crippen molar-refractivity contribution in [2.24, 2.45) is 5.92 Å². The van der Waals surface area contributed by atoms with E-state index in [1.807, 2.05) is 0 Å². The highest BCUT2D eigenvalue weighted by atomic mass is 15.2. The summed E-state index contributed by atoms with van der Waals surface area (Å²) in [5.74, 6) is 0.957. The average Bonchev–Trinajstić information content (AvgIpc) is 2.88. The van der Waals surface area contributed by atoms with Gasteiger partial charge in [0.2, 0.25) is 0 Å². The summed E-state index contributed by atoms with van der Waals surface area (Å²) in [4.78, 5) is 5.28. The normalized spacial score (nSPS) is 39.7. The molecule has 0 radical (unpaired) electrons. The van der Waals surface area contributed by atoms with Crippen molar-refractivity contribution < 1.29 is 0 Å². The van der Waals surface area contributed by atoms with E-state index in [4.69, 9.17) is 0 Å². The molecular weight excluding hydrogens is 210 g/mol. The highest BCUT2D eigenvalue weighted by Gasteiger charge is 2.35. The van der Waals surface area contributed by atoms with Crippen molar-refractivity contribution in [3.8, 4) is 0 Å². The first-order chi connectivity index (χ1) is 8.33. The van der Waals surface area contributed by atoms with Crippen LogP contribution in [-0.2, 0) is 0 Å². The van der Waals surface area contributed by atoms with E-state index >= 15 is 0 Å². The molecule has 17 heavy (non-hydrogen) atoms. The summed E-state index contributed by atoms with van der Waals surface area (Å²) < 4.78 is 0. The zero-order valence-electron chi connectivity index (χ0n) is 11.2. The zero-order chi connectivity index (χ0) is 11.7. The highest BCUT2D eigenvalue weighted by molar-refractivity contribution is 4.94. The molecule has 3 heteroatoms. The Hall–Kier alpha value is -0.120. The van der Waals surface area contributed by atoms with Crippen molar-refractivity contribution in [2.75, 3.05) is 39.8 Å². The first kappa shape index (κ1) is 11.9. The minimum atomic E-state index is 0.819. The van der Waals surface area contributed by atoms with E-state index < -0.39 is 0 Å². The van der Waals surface area contributed by atoms with Crippen molar-refractivity contribution in [3.05, 3.63) is 0 Å². The molecule has 0 spiro atoms. The second-order valence-corrected chi connectivity index (χ2v) is 6.29. The number of fused-ring (bicyclic) bond motifs is 1. The van der Waals surface area contributed by atoms with Crippen LogP contribution in [0, 0.1) is 5.92 Å². The molecule has 1 N–H and O–H groups in total. The second kappa shape index (κ2) is 5.25. The summed E-state index contributed by atoms with van der Waals surface area (Å²) in [5.41, 5.74) is 0. The van der Waals surface area contributed by atoms with Crippen LogP contribution in [0.25, 0.3) is 0 Å². The lowest BCUT2D eigenvalue weighted by atomic mass is 10.00. The Morgan fingerprint density at radius 2 is 2.12 bits per heavy atom. The molecule has 0 saturated carbocycles. The van der Waals surface area contributed by atoms with Gasteiger partial charge in [-0.2, -0.15) is 0 Å². The smallest absolute Gasteiger partial charge is 0.0235 e. The maximum Gasteiger partial charge on any atom is 0.0235 e. The van der Waals surface area contributed by atoms with Crippen molar-refractivity contribution >= 4 is 0 Å². The summed E-state index contributed by atoms with van der Waals surface area (Å²) in [5, 5.41) is 3.64. The van der Waals surface area contributed by atoms with E-state index in [0.717, 1.165) is 18.0 Å². The molecule has 3 aliphatic rings. The lowest BCUT2D eigenvalue weighted by Crippen LogP contribution is -2.39. The number of hydrogen-bond donors (Lipinski definition) is 1. The maximum atomic E-state index is 3.64. The van der Waals surface area contributed by atoms with E-state index in [0.29, 0.717) is 0 Å². The fraction of sp³-hybridized carbons (Fsp3) is 1.00. The molecule has 3 rings (SSSR count). The Balaban J connectivity index is 1.42. The molecule has 1 unspecified atom stereocenters. The third kappa shape index (κ3) is 2.67. The highest BCUT2D eigenvalue weighted by Crippen LogP contribution is 2.25. The first-order valence-electron chi connectivity index (χ1n) is 7.49. The van der Waals surface area contributed by atoms with Crippen molar-refractivity contribution in [1.82, 2.24) is 15.1 Å². The summed E-state index contributed by atoms with van der Waals surface area (Å²) >= 11 is 0. The standard InChI is InChI=1S/C14H27N3/c1-16-8-3-2-4-13(16)6-9-17-10-12-5-7-15-14(12)11-17/h12-15H,2-11H2,1H3/t12-,13?,14+/m0/s1. The van der Waals surface area contributed by atoms with Crippen LogP contribution in [0.15, 0.2) is 0 Å². The Labute approximate surface area is 106 Å². The predicted octanol–water partition coefficient (Wildman–Crippen LogP) is 1.15. The molecule has 0 aromatic rings. The van der Waals surface area contributed by atoms with Gasteiger partial charge >= 0.3 is 0 Å². The lowest BCUT2D eigenvalue weighted by Gasteiger charge is -2.33. The minimum absolute atomic E-state index is 0.819. The molecule has 3 nitrogen and oxygen atoms in total. The molecule has 3 saturated heterocycles. The van der Waals surface area contributed by atoms with E-state index in [1.165, 1.54) is 64.8 Å². The summed E-state index contributed by atoms with van der Waals surface area (Å²) in [6.07, 6.45) is 7.07. The van der Waals surface area contributed by atoms with Crippen LogP contribution in [0.4, 0.5) is 0 Å². The number of hydrogen-bond acceptors (Lipinski definition) is 3. The van der Waals surface area contributed by atoms with E-state index in [-0.39, 0.29) is 0 Å². The molecule has 0 aliphatic carbocycles. The summed E-state index contributed by atoms with van der Waals surface area (Å²) in [6, 6.07) is 1.68. The van der Waals surface area contributed by atoms with Crippen molar-refractivity contribution in [1.29, 1.82) is 0 Å². The lowest BCUT2D eigenvalue weighted by molar-refractivity contribution is 0.158. The Morgan fingerprint density at radius 1 is 1.18 bits per heavy atom. The number of likely N-dealkylation sites (tertiary alicyclic amines) is 2. The topological polar surface area (TPSA) is 18.5 Å². The van der Waals surface area contributed by atoms with Gasteiger partial charge in [-0.3, -0.25) is 0 Å². The van der Waals surface area contributed by atoms with Crippen LogP contribution in [0.1, 0.15) is 32.1 Å². The molecule has 0 aromatic heterocycles. The molecule has 0 bridgehead atoms. The molecular formula is C14H27N3. The summed E-state index contributed by atoms with van der Waals surface area (Å²) in [7, 11) is 2.31. The van der Waals surface area contributed by atoms with Gasteiger partial charge in [-0.15, -0.1) is 0 Å². The molecule has 3 atom stereocenters.